The molecule has 0 saturated heterocycles. The second kappa shape index (κ2) is 13.0. The number of anilines is 1. The van der Waals surface area contributed by atoms with Crippen LogP contribution < -0.4 is 4.90 Å². The van der Waals surface area contributed by atoms with E-state index in [0.29, 0.717) is 6.54 Å². The van der Waals surface area contributed by atoms with Gasteiger partial charge in [0.1, 0.15) is 5.60 Å². The van der Waals surface area contributed by atoms with Crippen molar-refractivity contribution in [3.63, 3.8) is 0 Å². The van der Waals surface area contributed by atoms with Gasteiger partial charge in [-0.3, -0.25) is 4.79 Å². The van der Waals surface area contributed by atoms with Crippen LogP contribution in [0.1, 0.15) is 69.6 Å². The molecule has 3 rings (SSSR count). The van der Waals surface area contributed by atoms with Gasteiger partial charge in [0, 0.05) is 23.8 Å². The monoisotopic (exact) mass is 503 g/mol. The van der Waals surface area contributed by atoms with Gasteiger partial charge in [-0.2, -0.15) is 0 Å². The number of methoxy groups -OCH3 is 1. The molecule has 1 amide bonds. The summed E-state index contributed by atoms with van der Waals surface area (Å²) in [6.45, 7) is 5.92. The molecule has 0 unspecified atom stereocenters. The Hall–Kier alpha value is -3.67. The molecule has 37 heavy (non-hydrogen) atoms. The smallest absolute Gasteiger partial charge is 0.331 e. The van der Waals surface area contributed by atoms with E-state index in [2.05, 4.69) is 4.74 Å². The molecule has 2 aromatic carbocycles. The lowest BCUT2D eigenvalue weighted by atomic mass is 9.88. The molecule has 0 bridgehead atoms. The third-order valence-corrected chi connectivity index (χ3v) is 6.15. The molecule has 1 aliphatic carbocycles. The van der Waals surface area contributed by atoms with Gasteiger partial charge in [0.05, 0.1) is 13.7 Å². The summed E-state index contributed by atoms with van der Waals surface area (Å²) < 4.78 is 10.0. The summed E-state index contributed by atoms with van der Waals surface area (Å²) in [6, 6.07) is 15.4. The van der Waals surface area contributed by atoms with E-state index in [9.17, 15) is 14.4 Å². The van der Waals surface area contributed by atoms with Crippen molar-refractivity contribution in [1.82, 2.24) is 0 Å². The van der Waals surface area contributed by atoms with Crippen molar-refractivity contribution in [1.29, 1.82) is 0 Å². The summed E-state index contributed by atoms with van der Waals surface area (Å²) in [5.74, 6) is -0.676. The molecule has 6 nitrogen and oxygen atoms in total. The third kappa shape index (κ3) is 9.05. The van der Waals surface area contributed by atoms with Crippen molar-refractivity contribution in [2.75, 3.05) is 12.0 Å². The van der Waals surface area contributed by atoms with Gasteiger partial charge in [0.2, 0.25) is 5.91 Å². The summed E-state index contributed by atoms with van der Waals surface area (Å²) in [5.41, 5.74) is 2.92. The number of carbonyl (C=O) groups is 3. The van der Waals surface area contributed by atoms with E-state index < -0.39 is 11.6 Å². The van der Waals surface area contributed by atoms with Crippen LogP contribution in [0.3, 0.4) is 0 Å². The number of amides is 1. The fourth-order valence-corrected chi connectivity index (χ4v) is 4.31. The number of esters is 2. The summed E-state index contributed by atoms with van der Waals surface area (Å²) in [5, 5.41) is 0. The zero-order chi connectivity index (χ0) is 26.8. The highest BCUT2D eigenvalue weighted by molar-refractivity contribution is 5.95. The molecule has 0 spiro atoms. The largest absolute Gasteiger partial charge is 0.466 e. The van der Waals surface area contributed by atoms with Crippen molar-refractivity contribution < 1.29 is 23.9 Å². The Kier molecular flexibility index (Phi) is 9.84. The molecule has 0 aliphatic heterocycles. The Labute approximate surface area is 220 Å². The summed E-state index contributed by atoms with van der Waals surface area (Å²) >= 11 is 0. The molecular formula is C31H37NO5. The third-order valence-electron chi connectivity index (χ3n) is 6.15. The maximum Gasteiger partial charge on any atom is 0.331 e. The summed E-state index contributed by atoms with van der Waals surface area (Å²) in [4.78, 5) is 39.0. The van der Waals surface area contributed by atoms with Crippen molar-refractivity contribution in [3.05, 3.63) is 77.4 Å². The van der Waals surface area contributed by atoms with E-state index in [0.717, 1.165) is 48.1 Å². The second-order valence-corrected chi connectivity index (χ2v) is 10.3. The highest BCUT2D eigenvalue weighted by Gasteiger charge is 2.27. The van der Waals surface area contributed by atoms with Crippen LogP contribution in [-0.4, -0.2) is 30.6 Å². The van der Waals surface area contributed by atoms with Gasteiger partial charge in [0.15, 0.2) is 0 Å². The number of hydrogen-bond donors (Lipinski definition) is 0. The molecule has 0 aromatic heterocycles. The van der Waals surface area contributed by atoms with Crippen LogP contribution in [0.4, 0.5) is 5.69 Å². The standard InChI is InChI=1S/C31H37NO5/c1-31(2,3)37-29(34)20-17-23-13-15-25(16-14-23)22-32(30(35)26-10-6-5-7-11-26)27-12-8-9-24(21-27)18-19-28(33)36-4/h8-9,12-21,26H,5-7,10-11,22H2,1-4H3. The fraction of sp³-hybridized carbons (Fsp3) is 0.387. The Morgan fingerprint density at radius 2 is 1.54 bits per heavy atom. The molecule has 6 heteroatoms. The molecule has 0 N–H and O–H groups in total. The zero-order valence-corrected chi connectivity index (χ0v) is 22.2. The Morgan fingerprint density at radius 3 is 2.19 bits per heavy atom. The molecule has 196 valence electrons. The van der Waals surface area contributed by atoms with E-state index in [1.54, 1.807) is 12.2 Å². The Bertz CT molecular complexity index is 1130. The van der Waals surface area contributed by atoms with Gasteiger partial charge in [-0.25, -0.2) is 9.59 Å². The lowest BCUT2D eigenvalue weighted by Crippen LogP contribution is -2.36. The summed E-state index contributed by atoms with van der Waals surface area (Å²) in [6.07, 6.45) is 11.3. The van der Waals surface area contributed by atoms with Crippen LogP contribution >= 0.6 is 0 Å². The van der Waals surface area contributed by atoms with E-state index >= 15 is 0 Å². The predicted molar refractivity (Wildman–Crippen MR) is 147 cm³/mol. The minimum atomic E-state index is -0.536. The first-order valence-corrected chi connectivity index (χ1v) is 12.8. The van der Waals surface area contributed by atoms with Crippen LogP contribution in [0.25, 0.3) is 12.2 Å². The molecule has 0 radical (unpaired) electrons. The first kappa shape index (κ1) is 27.9. The van der Waals surface area contributed by atoms with Gasteiger partial charge in [-0.1, -0.05) is 55.7 Å². The van der Waals surface area contributed by atoms with Gasteiger partial charge in [-0.15, -0.1) is 0 Å². The number of benzene rings is 2. The van der Waals surface area contributed by atoms with Gasteiger partial charge in [-0.05, 0) is 74.6 Å². The average molecular weight is 504 g/mol. The highest BCUT2D eigenvalue weighted by Crippen LogP contribution is 2.29. The lowest BCUT2D eigenvalue weighted by Gasteiger charge is -2.30. The van der Waals surface area contributed by atoms with E-state index in [1.807, 2.05) is 74.2 Å². The molecule has 0 heterocycles. The van der Waals surface area contributed by atoms with Crippen LogP contribution in [0.5, 0.6) is 0 Å². The Balaban J connectivity index is 1.81. The first-order chi connectivity index (χ1) is 17.6. The van der Waals surface area contributed by atoms with Crippen LogP contribution in [0.15, 0.2) is 60.7 Å². The average Bonchev–Trinajstić information content (AvgIpc) is 2.89. The summed E-state index contributed by atoms with van der Waals surface area (Å²) in [7, 11) is 1.34. The maximum atomic E-state index is 13.7. The van der Waals surface area contributed by atoms with Crippen LogP contribution in [0.2, 0.25) is 0 Å². The molecule has 1 fully saturated rings. The first-order valence-electron chi connectivity index (χ1n) is 12.8. The Morgan fingerprint density at radius 1 is 0.892 bits per heavy atom. The maximum absolute atomic E-state index is 13.7. The number of rotatable bonds is 8. The molecule has 1 saturated carbocycles. The minimum Gasteiger partial charge on any atom is -0.466 e. The van der Waals surface area contributed by atoms with Crippen molar-refractivity contribution in [2.24, 2.45) is 5.92 Å². The normalized spacial score (nSPS) is 14.6. The van der Waals surface area contributed by atoms with E-state index in [4.69, 9.17) is 4.74 Å². The lowest BCUT2D eigenvalue weighted by molar-refractivity contribution is -0.148. The highest BCUT2D eigenvalue weighted by atomic mass is 16.6. The molecule has 1 aliphatic rings. The van der Waals surface area contributed by atoms with Crippen molar-refractivity contribution in [2.45, 2.75) is 65.0 Å². The van der Waals surface area contributed by atoms with E-state index in [-0.39, 0.29) is 17.8 Å². The van der Waals surface area contributed by atoms with Crippen LogP contribution in [-0.2, 0) is 30.4 Å². The van der Waals surface area contributed by atoms with Crippen molar-refractivity contribution in [3.8, 4) is 0 Å². The second-order valence-electron chi connectivity index (χ2n) is 10.3. The van der Waals surface area contributed by atoms with Crippen molar-refractivity contribution >= 4 is 35.7 Å². The van der Waals surface area contributed by atoms with E-state index in [1.165, 1.54) is 25.7 Å². The zero-order valence-electron chi connectivity index (χ0n) is 22.2. The molecular weight excluding hydrogens is 466 g/mol. The molecule has 2 aromatic rings. The molecule has 0 atom stereocenters. The SMILES string of the molecule is COC(=O)C=Cc1cccc(N(Cc2ccc(C=CC(=O)OC(C)(C)C)cc2)C(=O)C2CCCCC2)c1. The number of nitrogens with zero attached hydrogens (tertiary/aromatic N) is 1. The number of carbonyl (C=O) groups excluding carboxylic acids is 3. The van der Waals surface area contributed by atoms with Gasteiger partial charge in [0.25, 0.3) is 0 Å². The van der Waals surface area contributed by atoms with Gasteiger partial charge >= 0.3 is 11.9 Å². The number of hydrogen-bond acceptors (Lipinski definition) is 5. The predicted octanol–water partition coefficient (Wildman–Crippen LogP) is 6.34. The fourth-order valence-electron chi connectivity index (χ4n) is 4.31. The number of ether oxygens (including phenoxy) is 2. The topological polar surface area (TPSA) is 72.9 Å². The minimum absolute atomic E-state index is 0.0130. The quantitative estimate of drug-likeness (QED) is 0.310. The van der Waals surface area contributed by atoms with Crippen LogP contribution in [0, 0.1) is 5.92 Å². The van der Waals surface area contributed by atoms with Gasteiger partial charge < -0.3 is 14.4 Å².